The number of rotatable bonds is 5. The molecule has 5 nitrogen and oxygen atoms in total. The fourth-order valence-corrected chi connectivity index (χ4v) is 3.39. The van der Waals surface area contributed by atoms with Crippen LogP contribution in [0.2, 0.25) is 0 Å². The zero-order chi connectivity index (χ0) is 16.2. The van der Waals surface area contributed by atoms with Gasteiger partial charge < -0.3 is 10.2 Å². The third kappa shape index (κ3) is 4.01. The maximum Gasteiger partial charge on any atom is 0.239 e. The molecule has 0 bridgehead atoms. The highest BCUT2D eigenvalue weighted by molar-refractivity contribution is 7.13. The fraction of sp³-hybridized carbons (Fsp3) is 0.188. The average molecular weight is 344 g/mol. The lowest BCUT2D eigenvalue weighted by atomic mass is 10.3. The van der Waals surface area contributed by atoms with Crippen LogP contribution in [0.1, 0.15) is 0 Å². The van der Waals surface area contributed by atoms with Crippen LogP contribution in [0.4, 0.5) is 5.82 Å². The number of aromatic nitrogens is 2. The number of amides is 1. The Kier molecular flexibility index (Phi) is 4.80. The van der Waals surface area contributed by atoms with Gasteiger partial charge in [0.05, 0.1) is 22.0 Å². The summed E-state index contributed by atoms with van der Waals surface area (Å²) < 4.78 is 0. The molecule has 0 saturated heterocycles. The number of hydrogen-bond donors (Lipinski definition) is 1. The molecule has 7 heteroatoms. The minimum Gasteiger partial charge on any atom is -0.309 e. The van der Waals surface area contributed by atoms with Crippen LogP contribution in [0.3, 0.4) is 0 Å². The smallest absolute Gasteiger partial charge is 0.239 e. The van der Waals surface area contributed by atoms with E-state index in [1.165, 1.54) is 0 Å². The Morgan fingerprint density at radius 2 is 1.83 bits per heavy atom. The standard InChI is InChI=1S/C16H16N4OS2/c1-20(2)10-15(21)18-14-9-11(12-5-3-7-22-12)17-16(19-14)13-6-4-8-23-13/h3-9H,10H2,1-2H3,(H,17,18,19,21). The zero-order valence-electron chi connectivity index (χ0n) is 12.8. The fourth-order valence-electron chi connectivity index (χ4n) is 2.05. The van der Waals surface area contributed by atoms with Gasteiger partial charge in [0.2, 0.25) is 5.91 Å². The van der Waals surface area contributed by atoms with Crippen molar-refractivity contribution in [2.45, 2.75) is 0 Å². The molecule has 0 spiro atoms. The Morgan fingerprint density at radius 3 is 2.43 bits per heavy atom. The molecule has 0 unspecified atom stereocenters. The van der Waals surface area contributed by atoms with Crippen molar-refractivity contribution in [3.63, 3.8) is 0 Å². The summed E-state index contributed by atoms with van der Waals surface area (Å²) in [6.45, 7) is 0.312. The van der Waals surface area contributed by atoms with E-state index in [9.17, 15) is 4.79 Å². The van der Waals surface area contributed by atoms with Crippen molar-refractivity contribution in [2.75, 3.05) is 26.0 Å². The van der Waals surface area contributed by atoms with Gasteiger partial charge in [-0.15, -0.1) is 22.7 Å². The highest BCUT2D eigenvalue weighted by Gasteiger charge is 2.12. The van der Waals surface area contributed by atoms with Crippen LogP contribution in [0.5, 0.6) is 0 Å². The lowest BCUT2D eigenvalue weighted by molar-refractivity contribution is -0.116. The SMILES string of the molecule is CN(C)CC(=O)Nc1cc(-c2cccs2)nc(-c2cccs2)n1. The second-order valence-corrected chi connectivity index (χ2v) is 7.10. The number of nitrogens with one attached hydrogen (secondary N) is 1. The summed E-state index contributed by atoms with van der Waals surface area (Å²) in [6, 6.07) is 9.75. The van der Waals surface area contributed by atoms with E-state index < -0.39 is 0 Å². The lowest BCUT2D eigenvalue weighted by Crippen LogP contribution is -2.27. The molecular formula is C16H16N4OS2. The molecule has 0 aliphatic heterocycles. The molecule has 0 aliphatic carbocycles. The summed E-state index contributed by atoms with van der Waals surface area (Å²) in [5.41, 5.74) is 0.818. The number of thiophene rings is 2. The van der Waals surface area contributed by atoms with Crippen molar-refractivity contribution >= 4 is 34.4 Å². The third-order valence-corrected chi connectivity index (χ3v) is 4.73. The van der Waals surface area contributed by atoms with Gasteiger partial charge in [-0.25, -0.2) is 9.97 Å². The maximum absolute atomic E-state index is 12.0. The first kappa shape index (κ1) is 15.8. The molecule has 3 rings (SSSR count). The largest absolute Gasteiger partial charge is 0.309 e. The van der Waals surface area contributed by atoms with Gasteiger partial charge in [0.15, 0.2) is 5.82 Å². The molecule has 0 atom stereocenters. The highest BCUT2D eigenvalue weighted by Crippen LogP contribution is 2.29. The molecular weight excluding hydrogens is 328 g/mol. The van der Waals surface area contributed by atoms with Crippen LogP contribution < -0.4 is 5.32 Å². The summed E-state index contributed by atoms with van der Waals surface area (Å²) in [6.07, 6.45) is 0. The number of carbonyl (C=O) groups excluding carboxylic acids is 1. The second-order valence-electron chi connectivity index (χ2n) is 5.20. The van der Waals surface area contributed by atoms with Gasteiger partial charge in [-0.1, -0.05) is 12.1 Å². The molecule has 3 heterocycles. The molecule has 3 aromatic heterocycles. The van der Waals surface area contributed by atoms with Gasteiger partial charge in [-0.05, 0) is 37.0 Å². The van der Waals surface area contributed by atoms with Gasteiger partial charge >= 0.3 is 0 Å². The molecule has 118 valence electrons. The van der Waals surface area contributed by atoms with Crippen LogP contribution in [0.25, 0.3) is 21.3 Å². The second kappa shape index (κ2) is 6.99. The molecule has 0 aromatic carbocycles. The number of nitrogens with zero attached hydrogens (tertiary/aromatic N) is 3. The maximum atomic E-state index is 12.0. The van der Waals surface area contributed by atoms with Gasteiger partial charge in [0, 0.05) is 6.07 Å². The van der Waals surface area contributed by atoms with Crippen LogP contribution in [0, 0.1) is 0 Å². The summed E-state index contributed by atoms with van der Waals surface area (Å²) >= 11 is 3.19. The van der Waals surface area contributed by atoms with Gasteiger partial charge in [-0.3, -0.25) is 4.79 Å². The van der Waals surface area contributed by atoms with Crippen molar-refractivity contribution in [3.8, 4) is 21.3 Å². The molecule has 0 saturated carbocycles. The van der Waals surface area contributed by atoms with Crippen molar-refractivity contribution in [1.82, 2.24) is 14.9 Å². The molecule has 0 aliphatic rings. The summed E-state index contributed by atoms with van der Waals surface area (Å²) in [7, 11) is 3.71. The van der Waals surface area contributed by atoms with E-state index in [-0.39, 0.29) is 5.91 Å². The van der Waals surface area contributed by atoms with Crippen molar-refractivity contribution in [2.24, 2.45) is 0 Å². The number of hydrogen-bond acceptors (Lipinski definition) is 6. The minimum absolute atomic E-state index is 0.0945. The van der Waals surface area contributed by atoms with Gasteiger partial charge in [0.25, 0.3) is 0 Å². The first-order chi connectivity index (χ1) is 11.1. The van der Waals surface area contributed by atoms with E-state index in [4.69, 9.17) is 0 Å². The molecule has 0 radical (unpaired) electrons. The van der Waals surface area contributed by atoms with E-state index in [1.807, 2.05) is 60.1 Å². The van der Waals surface area contributed by atoms with Crippen LogP contribution in [-0.4, -0.2) is 41.4 Å². The van der Waals surface area contributed by atoms with E-state index in [2.05, 4.69) is 15.3 Å². The van der Waals surface area contributed by atoms with Crippen LogP contribution in [0.15, 0.2) is 41.1 Å². The number of likely N-dealkylation sites (N-methyl/N-ethyl adjacent to an activating group) is 1. The Balaban J connectivity index is 1.96. The Morgan fingerprint density at radius 1 is 1.13 bits per heavy atom. The van der Waals surface area contributed by atoms with Gasteiger partial charge in [0.1, 0.15) is 5.82 Å². The van der Waals surface area contributed by atoms with Gasteiger partial charge in [-0.2, -0.15) is 0 Å². The Bertz CT molecular complexity index is 730. The Hall–Kier alpha value is -2.09. The predicted octanol–water partition coefficient (Wildman–Crippen LogP) is 3.43. The minimum atomic E-state index is -0.0945. The summed E-state index contributed by atoms with van der Waals surface area (Å²) in [4.78, 5) is 25.0. The normalized spacial score (nSPS) is 10.9. The first-order valence-corrected chi connectivity index (χ1v) is 8.79. The first-order valence-electron chi connectivity index (χ1n) is 7.03. The van der Waals surface area contributed by atoms with E-state index in [1.54, 1.807) is 22.7 Å². The molecule has 3 aromatic rings. The third-order valence-electron chi connectivity index (χ3n) is 2.97. The molecule has 1 N–H and O–H groups in total. The van der Waals surface area contributed by atoms with E-state index >= 15 is 0 Å². The van der Waals surface area contributed by atoms with Crippen molar-refractivity contribution < 1.29 is 4.79 Å². The van der Waals surface area contributed by atoms with Crippen molar-refractivity contribution in [3.05, 3.63) is 41.1 Å². The quantitative estimate of drug-likeness (QED) is 0.770. The van der Waals surface area contributed by atoms with E-state index in [0.29, 0.717) is 18.2 Å². The molecule has 23 heavy (non-hydrogen) atoms. The predicted molar refractivity (Wildman–Crippen MR) is 95.8 cm³/mol. The van der Waals surface area contributed by atoms with Crippen molar-refractivity contribution in [1.29, 1.82) is 0 Å². The monoisotopic (exact) mass is 344 g/mol. The van der Waals surface area contributed by atoms with Crippen LogP contribution >= 0.6 is 22.7 Å². The molecule has 1 amide bonds. The number of anilines is 1. The van der Waals surface area contributed by atoms with E-state index in [0.717, 1.165) is 15.4 Å². The molecule has 0 fully saturated rings. The summed E-state index contributed by atoms with van der Waals surface area (Å²) in [5, 5.41) is 6.85. The van der Waals surface area contributed by atoms with Crippen LogP contribution in [-0.2, 0) is 4.79 Å². The highest BCUT2D eigenvalue weighted by atomic mass is 32.1. The number of carbonyl (C=O) groups is 1. The summed E-state index contributed by atoms with van der Waals surface area (Å²) in [5.74, 6) is 1.06. The topological polar surface area (TPSA) is 58.1 Å². The zero-order valence-corrected chi connectivity index (χ0v) is 14.4. The average Bonchev–Trinajstić information content (AvgIpc) is 3.20. The lowest BCUT2D eigenvalue weighted by Gasteiger charge is -2.11. The Labute approximate surface area is 142 Å².